The van der Waals surface area contributed by atoms with Crippen molar-refractivity contribution in [3.63, 3.8) is 0 Å². The topological polar surface area (TPSA) is 38.5 Å². The molecule has 0 aliphatic carbocycles. The van der Waals surface area contributed by atoms with Gasteiger partial charge in [0.05, 0.1) is 13.2 Å². The molecule has 1 aliphatic rings. The van der Waals surface area contributed by atoms with Crippen LogP contribution >= 0.6 is 0 Å². The molecule has 1 heterocycles. The number of morpholine rings is 1. The summed E-state index contributed by atoms with van der Waals surface area (Å²) in [5.41, 5.74) is 5.73. The van der Waals surface area contributed by atoms with Crippen LogP contribution < -0.4 is 5.73 Å². The zero-order valence-corrected chi connectivity index (χ0v) is 10.2. The van der Waals surface area contributed by atoms with Gasteiger partial charge in [-0.1, -0.05) is 13.3 Å². The fraction of sp³-hybridized carbons (Fsp3) is 1.00. The standard InChI is InChI=1S/C12H26N2O/c1-3-12-10-15-9-8-14(12)7-5-4-6-11(2)13/h11-12H,3-10,13H2,1-2H3. The van der Waals surface area contributed by atoms with Crippen LogP contribution in [0.5, 0.6) is 0 Å². The Morgan fingerprint density at radius 1 is 1.47 bits per heavy atom. The molecule has 1 aliphatic heterocycles. The average molecular weight is 214 g/mol. The molecule has 0 radical (unpaired) electrons. The van der Waals surface area contributed by atoms with Crippen LogP contribution in [0.2, 0.25) is 0 Å². The highest BCUT2D eigenvalue weighted by atomic mass is 16.5. The van der Waals surface area contributed by atoms with Crippen LogP contribution in [0.4, 0.5) is 0 Å². The number of nitrogens with zero attached hydrogens (tertiary/aromatic N) is 1. The largest absolute Gasteiger partial charge is 0.378 e. The minimum Gasteiger partial charge on any atom is -0.378 e. The third kappa shape index (κ3) is 4.96. The molecule has 90 valence electrons. The molecule has 1 rings (SSSR count). The minimum atomic E-state index is 0.358. The SMILES string of the molecule is CCC1COCCN1CCCCC(C)N. The van der Waals surface area contributed by atoms with E-state index in [1.54, 1.807) is 0 Å². The van der Waals surface area contributed by atoms with E-state index in [-0.39, 0.29) is 0 Å². The number of hydrogen-bond donors (Lipinski definition) is 1. The van der Waals surface area contributed by atoms with Crippen molar-refractivity contribution in [3.8, 4) is 0 Å². The molecule has 2 atom stereocenters. The van der Waals surface area contributed by atoms with Crippen LogP contribution in [0.15, 0.2) is 0 Å². The number of nitrogens with two attached hydrogens (primary N) is 1. The first-order valence-electron chi connectivity index (χ1n) is 6.31. The van der Waals surface area contributed by atoms with Gasteiger partial charge in [-0.05, 0) is 32.7 Å². The molecule has 2 N–H and O–H groups in total. The monoisotopic (exact) mass is 214 g/mol. The van der Waals surface area contributed by atoms with Gasteiger partial charge in [0, 0.05) is 18.6 Å². The Bertz CT molecular complexity index is 162. The fourth-order valence-electron chi connectivity index (χ4n) is 2.14. The Labute approximate surface area is 94.0 Å². The molecular weight excluding hydrogens is 188 g/mol. The summed E-state index contributed by atoms with van der Waals surface area (Å²) in [6.45, 7) is 8.48. The van der Waals surface area contributed by atoms with Gasteiger partial charge in [-0.3, -0.25) is 4.90 Å². The normalized spacial score (nSPS) is 25.4. The molecule has 0 spiro atoms. The lowest BCUT2D eigenvalue weighted by atomic mass is 10.1. The molecule has 3 heteroatoms. The fourth-order valence-corrected chi connectivity index (χ4v) is 2.14. The lowest BCUT2D eigenvalue weighted by Crippen LogP contribution is -2.45. The second-order valence-corrected chi connectivity index (χ2v) is 4.65. The summed E-state index contributed by atoms with van der Waals surface area (Å²) in [5.74, 6) is 0. The van der Waals surface area contributed by atoms with Gasteiger partial charge >= 0.3 is 0 Å². The van der Waals surface area contributed by atoms with Crippen molar-refractivity contribution in [2.45, 2.75) is 51.6 Å². The summed E-state index contributed by atoms with van der Waals surface area (Å²) in [6, 6.07) is 1.01. The van der Waals surface area contributed by atoms with E-state index >= 15 is 0 Å². The molecule has 0 aromatic rings. The van der Waals surface area contributed by atoms with E-state index in [2.05, 4.69) is 18.7 Å². The maximum atomic E-state index is 5.73. The first kappa shape index (κ1) is 12.9. The van der Waals surface area contributed by atoms with Crippen molar-refractivity contribution in [1.82, 2.24) is 4.90 Å². The Morgan fingerprint density at radius 2 is 2.27 bits per heavy atom. The Hall–Kier alpha value is -0.120. The third-order valence-electron chi connectivity index (χ3n) is 3.18. The van der Waals surface area contributed by atoms with Crippen LogP contribution in [-0.4, -0.2) is 43.3 Å². The molecule has 0 aromatic carbocycles. The van der Waals surface area contributed by atoms with Crippen molar-refractivity contribution in [2.75, 3.05) is 26.3 Å². The summed E-state index contributed by atoms with van der Waals surface area (Å²) in [6.07, 6.45) is 4.89. The lowest BCUT2D eigenvalue weighted by molar-refractivity contribution is -0.00919. The number of rotatable bonds is 6. The predicted molar refractivity (Wildman–Crippen MR) is 64.0 cm³/mol. The summed E-state index contributed by atoms with van der Waals surface area (Å²) in [5, 5.41) is 0. The van der Waals surface area contributed by atoms with Crippen LogP contribution in [0.25, 0.3) is 0 Å². The first-order valence-corrected chi connectivity index (χ1v) is 6.31. The Morgan fingerprint density at radius 3 is 2.93 bits per heavy atom. The molecule has 0 bridgehead atoms. The van der Waals surface area contributed by atoms with E-state index in [0.717, 1.165) is 26.2 Å². The maximum absolute atomic E-state index is 5.73. The highest BCUT2D eigenvalue weighted by Crippen LogP contribution is 2.11. The zero-order valence-electron chi connectivity index (χ0n) is 10.2. The van der Waals surface area contributed by atoms with Gasteiger partial charge in [0.2, 0.25) is 0 Å². The van der Waals surface area contributed by atoms with Crippen molar-refractivity contribution in [3.05, 3.63) is 0 Å². The minimum absolute atomic E-state index is 0.358. The summed E-state index contributed by atoms with van der Waals surface area (Å²) >= 11 is 0. The van der Waals surface area contributed by atoms with E-state index in [9.17, 15) is 0 Å². The quantitative estimate of drug-likeness (QED) is 0.683. The highest BCUT2D eigenvalue weighted by molar-refractivity contribution is 4.73. The molecule has 3 nitrogen and oxygen atoms in total. The summed E-state index contributed by atoms with van der Waals surface area (Å²) < 4.78 is 5.49. The van der Waals surface area contributed by atoms with E-state index in [4.69, 9.17) is 10.5 Å². The van der Waals surface area contributed by atoms with Gasteiger partial charge in [-0.25, -0.2) is 0 Å². The smallest absolute Gasteiger partial charge is 0.0622 e. The molecule has 0 aromatic heterocycles. The number of unbranched alkanes of at least 4 members (excludes halogenated alkanes) is 1. The predicted octanol–water partition coefficient (Wildman–Crippen LogP) is 1.61. The molecule has 1 fully saturated rings. The van der Waals surface area contributed by atoms with Crippen molar-refractivity contribution < 1.29 is 4.74 Å². The summed E-state index contributed by atoms with van der Waals surface area (Å²) in [4.78, 5) is 2.57. The number of hydrogen-bond acceptors (Lipinski definition) is 3. The van der Waals surface area contributed by atoms with Gasteiger partial charge in [0.25, 0.3) is 0 Å². The van der Waals surface area contributed by atoms with Crippen molar-refractivity contribution in [2.24, 2.45) is 5.73 Å². The third-order valence-corrected chi connectivity index (χ3v) is 3.18. The Balaban J connectivity index is 2.12. The van der Waals surface area contributed by atoms with Crippen LogP contribution in [0, 0.1) is 0 Å². The van der Waals surface area contributed by atoms with E-state index in [1.165, 1.54) is 25.8 Å². The summed E-state index contributed by atoms with van der Waals surface area (Å²) in [7, 11) is 0. The average Bonchev–Trinajstić information content (AvgIpc) is 2.24. The molecule has 15 heavy (non-hydrogen) atoms. The highest BCUT2D eigenvalue weighted by Gasteiger charge is 2.20. The number of ether oxygens (including phenoxy) is 1. The van der Waals surface area contributed by atoms with Gasteiger partial charge < -0.3 is 10.5 Å². The van der Waals surface area contributed by atoms with Gasteiger partial charge in [-0.2, -0.15) is 0 Å². The van der Waals surface area contributed by atoms with Gasteiger partial charge in [0.15, 0.2) is 0 Å². The Kier molecular flexibility index (Phi) is 6.22. The van der Waals surface area contributed by atoms with Gasteiger partial charge in [0.1, 0.15) is 0 Å². The van der Waals surface area contributed by atoms with Crippen LogP contribution in [-0.2, 0) is 4.74 Å². The van der Waals surface area contributed by atoms with Crippen molar-refractivity contribution in [1.29, 1.82) is 0 Å². The second kappa shape index (κ2) is 7.20. The van der Waals surface area contributed by atoms with Crippen molar-refractivity contribution >= 4 is 0 Å². The molecule has 2 unspecified atom stereocenters. The van der Waals surface area contributed by atoms with E-state index < -0.39 is 0 Å². The van der Waals surface area contributed by atoms with Gasteiger partial charge in [-0.15, -0.1) is 0 Å². The van der Waals surface area contributed by atoms with Crippen LogP contribution in [0.1, 0.15) is 39.5 Å². The maximum Gasteiger partial charge on any atom is 0.0622 e. The second-order valence-electron chi connectivity index (χ2n) is 4.65. The molecule has 1 saturated heterocycles. The molecule has 0 amide bonds. The van der Waals surface area contributed by atoms with E-state index in [0.29, 0.717) is 12.1 Å². The molecule has 0 saturated carbocycles. The zero-order chi connectivity index (χ0) is 11.1. The van der Waals surface area contributed by atoms with Crippen LogP contribution in [0.3, 0.4) is 0 Å². The van der Waals surface area contributed by atoms with E-state index in [1.807, 2.05) is 0 Å². The lowest BCUT2D eigenvalue weighted by Gasteiger charge is -2.35. The molecular formula is C12H26N2O. The first-order chi connectivity index (χ1) is 7.24.